The third kappa shape index (κ3) is 10.5. The number of unbranched alkanes of at least 4 members (excludes halogenated alkanes) is 9. The third-order valence-electron chi connectivity index (χ3n) is 5.69. The van der Waals surface area contributed by atoms with E-state index in [0.29, 0.717) is 11.5 Å². The Morgan fingerprint density at radius 1 is 0.806 bits per heavy atom. The maximum atomic E-state index is 11.4. The van der Waals surface area contributed by atoms with Crippen molar-refractivity contribution in [3.8, 4) is 11.5 Å². The normalized spacial score (nSPS) is 13.3. The molecule has 5 nitrogen and oxygen atoms in total. The van der Waals surface area contributed by atoms with Crippen LogP contribution in [0.3, 0.4) is 0 Å². The Bertz CT molecular complexity index is 692. The maximum Gasteiger partial charge on any atom is 0.308 e. The number of halogens is 1. The topological polar surface area (TPSA) is 55.8 Å². The zero-order valence-corrected chi connectivity index (χ0v) is 20.4. The molecule has 1 aromatic rings. The molecule has 0 radical (unpaired) electrons. The van der Waals surface area contributed by atoms with E-state index in [4.69, 9.17) is 9.47 Å². The molecule has 1 heterocycles. The Morgan fingerprint density at radius 3 is 1.81 bits per heavy atom. The summed E-state index contributed by atoms with van der Waals surface area (Å²) in [5, 5.41) is 0. The highest BCUT2D eigenvalue weighted by Crippen LogP contribution is 2.34. The van der Waals surface area contributed by atoms with Crippen LogP contribution in [0.25, 0.3) is 0 Å². The summed E-state index contributed by atoms with van der Waals surface area (Å²) in [5.74, 6) is -0.167. The van der Waals surface area contributed by atoms with E-state index < -0.39 is 11.9 Å². The van der Waals surface area contributed by atoms with Crippen LogP contribution in [0, 0.1) is 0 Å². The van der Waals surface area contributed by atoms with E-state index in [1.54, 1.807) is 0 Å². The molecular formula is C25H40ClNO4. The molecule has 1 aliphatic rings. The minimum absolute atomic E-state index is 0. The number of ether oxygens (including phenoxy) is 2. The molecule has 1 aromatic carbocycles. The van der Waals surface area contributed by atoms with Crippen LogP contribution < -0.4 is 9.47 Å². The largest absolute Gasteiger partial charge is 0.423 e. The quantitative estimate of drug-likeness (QED) is 0.201. The van der Waals surface area contributed by atoms with Gasteiger partial charge in [-0.05, 0) is 42.6 Å². The number of nitrogens with zero attached hydrogens (tertiary/aromatic N) is 1. The molecule has 6 heteroatoms. The van der Waals surface area contributed by atoms with Crippen molar-refractivity contribution in [1.82, 2.24) is 4.90 Å². The molecule has 0 saturated carbocycles. The highest BCUT2D eigenvalue weighted by Gasteiger charge is 2.21. The molecule has 176 valence electrons. The molecule has 0 fully saturated rings. The average molecular weight is 454 g/mol. The van der Waals surface area contributed by atoms with Crippen molar-refractivity contribution in [3.05, 3.63) is 23.3 Å². The van der Waals surface area contributed by atoms with Gasteiger partial charge in [0, 0.05) is 26.9 Å². The Balaban J connectivity index is 0.00000480. The molecule has 31 heavy (non-hydrogen) atoms. The van der Waals surface area contributed by atoms with Gasteiger partial charge in [0.05, 0.1) is 0 Å². The van der Waals surface area contributed by atoms with Gasteiger partial charge in [-0.1, -0.05) is 64.7 Å². The fraction of sp³-hybridized carbons (Fsp3) is 0.680. The number of hydrogen-bond donors (Lipinski definition) is 0. The van der Waals surface area contributed by atoms with Gasteiger partial charge < -0.3 is 9.47 Å². The fourth-order valence-corrected chi connectivity index (χ4v) is 4.11. The summed E-state index contributed by atoms with van der Waals surface area (Å²) >= 11 is 0. The summed E-state index contributed by atoms with van der Waals surface area (Å²) in [7, 11) is 0. The van der Waals surface area contributed by atoms with Gasteiger partial charge in [0.2, 0.25) is 0 Å². The van der Waals surface area contributed by atoms with E-state index in [2.05, 4.69) is 11.8 Å². The van der Waals surface area contributed by atoms with Crippen LogP contribution in [0.5, 0.6) is 11.5 Å². The molecule has 0 saturated heterocycles. The van der Waals surface area contributed by atoms with Crippen molar-refractivity contribution in [2.24, 2.45) is 0 Å². The lowest BCUT2D eigenvalue weighted by Crippen LogP contribution is -2.31. The van der Waals surface area contributed by atoms with Crippen LogP contribution in [-0.2, 0) is 22.6 Å². The van der Waals surface area contributed by atoms with E-state index in [1.165, 1.54) is 83.6 Å². The van der Waals surface area contributed by atoms with Crippen LogP contribution >= 0.6 is 12.4 Å². The lowest BCUT2D eigenvalue weighted by Gasteiger charge is -2.29. The zero-order chi connectivity index (χ0) is 21.8. The molecule has 0 bridgehead atoms. The summed E-state index contributed by atoms with van der Waals surface area (Å²) in [6.45, 7) is 7.93. The van der Waals surface area contributed by atoms with E-state index in [9.17, 15) is 9.59 Å². The Labute approximate surface area is 194 Å². The molecule has 0 atom stereocenters. The smallest absolute Gasteiger partial charge is 0.308 e. The van der Waals surface area contributed by atoms with E-state index in [0.717, 1.165) is 31.6 Å². The lowest BCUT2D eigenvalue weighted by atomic mass is 9.98. The number of esters is 2. The van der Waals surface area contributed by atoms with E-state index in [-0.39, 0.29) is 12.4 Å². The molecule has 0 aromatic heterocycles. The van der Waals surface area contributed by atoms with Crippen LogP contribution in [0.1, 0.15) is 96.1 Å². The highest BCUT2D eigenvalue weighted by molar-refractivity contribution is 5.85. The minimum atomic E-state index is -0.415. The molecule has 0 unspecified atom stereocenters. The molecular weight excluding hydrogens is 414 g/mol. The van der Waals surface area contributed by atoms with Crippen molar-refractivity contribution in [2.75, 3.05) is 13.1 Å². The zero-order valence-electron chi connectivity index (χ0n) is 19.5. The molecule has 0 N–H and O–H groups in total. The van der Waals surface area contributed by atoms with Crippen molar-refractivity contribution in [3.63, 3.8) is 0 Å². The predicted octanol–water partition coefficient (Wildman–Crippen LogP) is 6.24. The molecule has 2 rings (SSSR count). The second kappa shape index (κ2) is 15.3. The minimum Gasteiger partial charge on any atom is -0.423 e. The predicted molar refractivity (Wildman–Crippen MR) is 127 cm³/mol. The van der Waals surface area contributed by atoms with Crippen molar-refractivity contribution < 1.29 is 19.1 Å². The van der Waals surface area contributed by atoms with Gasteiger partial charge in [0.25, 0.3) is 0 Å². The second-order valence-electron chi connectivity index (χ2n) is 8.46. The fourth-order valence-electron chi connectivity index (χ4n) is 4.11. The van der Waals surface area contributed by atoms with Crippen LogP contribution in [0.4, 0.5) is 0 Å². The van der Waals surface area contributed by atoms with Crippen LogP contribution in [0.2, 0.25) is 0 Å². The summed E-state index contributed by atoms with van der Waals surface area (Å²) in [5.41, 5.74) is 2.32. The second-order valence-corrected chi connectivity index (χ2v) is 8.46. The number of rotatable bonds is 13. The third-order valence-corrected chi connectivity index (χ3v) is 5.69. The number of benzene rings is 1. The van der Waals surface area contributed by atoms with Crippen LogP contribution in [-0.4, -0.2) is 29.9 Å². The standard InChI is InChI=1S/C25H39NO4.ClH/c1-4-5-6-7-8-9-10-11-12-13-15-26-16-14-22-17-24(29-20(2)27)25(30-21(3)28)18-23(22)19-26;/h17-18H,4-16,19H2,1-3H3;1H. The van der Waals surface area contributed by atoms with E-state index >= 15 is 0 Å². The molecule has 0 aliphatic carbocycles. The van der Waals surface area contributed by atoms with Gasteiger partial charge in [0.15, 0.2) is 11.5 Å². The van der Waals surface area contributed by atoms with Gasteiger partial charge in [0.1, 0.15) is 0 Å². The van der Waals surface area contributed by atoms with Crippen LogP contribution in [0.15, 0.2) is 12.1 Å². The van der Waals surface area contributed by atoms with Crippen molar-refractivity contribution in [1.29, 1.82) is 0 Å². The summed E-state index contributed by atoms with van der Waals surface area (Å²) in [4.78, 5) is 25.3. The summed E-state index contributed by atoms with van der Waals surface area (Å²) in [6, 6.07) is 3.71. The average Bonchev–Trinajstić information content (AvgIpc) is 2.69. The van der Waals surface area contributed by atoms with Gasteiger partial charge in [-0.25, -0.2) is 0 Å². The Morgan fingerprint density at radius 2 is 1.29 bits per heavy atom. The van der Waals surface area contributed by atoms with Crippen molar-refractivity contribution >= 4 is 24.3 Å². The monoisotopic (exact) mass is 453 g/mol. The Hall–Kier alpha value is -1.59. The van der Waals surface area contributed by atoms with Gasteiger partial charge in [-0.15, -0.1) is 12.4 Å². The first-order valence-electron chi connectivity index (χ1n) is 11.7. The number of fused-ring (bicyclic) bond motifs is 1. The summed E-state index contributed by atoms with van der Waals surface area (Å²) in [6.07, 6.45) is 14.4. The SMILES string of the molecule is CCCCCCCCCCCCN1CCc2cc(OC(C)=O)c(OC(C)=O)cc2C1.Cl. The van der Waals surface area contributed by atoms with Gasteiger partial charge in [-0.2, -0.15) is 0 Å². The highest BCUT2D eigenvalue weighted by atomic mass is 35.5. The Kier molecular flexibility index (Phi) is 13.5. The molecule has 0 spiro atoms. The number of carbonyl (C=O) groups excluding carboxylic acids is 2. The van der Waals surface area contributed by atoms with E-state index in [1.807, 2.05) is 12.1 Å². The van der Waals surface area contributed by atoms with Gasteiger partial charge >= 0.3 is 11.9 Å². The van der Waals surface area contributed by atoms with Gasteiger partial charge in [-0.3, -0.25) is 14.5 Å². The number of hydrogen-bond acceptors (Lipinski definition) is 5. The first kappa shape index (κ1) is 27.4. The lowest BCUT2D eigenvalue weighted by molar-refractivity contribution is -0.134. The first-order chi connectivity index (χ1) is 14.5. The molecule has 1 aliphatic heterocycles. The van der Waals surface area contributed by atoms with Crippen molar-refractivity contribution in [2.45, 2.75) is 97.9 Å². The molecule has 0 amide bonds. The maximum absolute atomic E-state index is 11.4. The number of carbonyl (C=O) groups is 2. The summed E-state index contributed by atoms with van der Waals surface area (Å²) < 4.78 is 10.5. The first-order valence-corrected chi connectivity index (χ1v) is 11.7.